The molecule has 0 aliphatic carbocycles. The van der Waals surface area contributed by atoms with Gasteiger partial charge in [0.05, 0.1) is 0 Å². The lowest BCUT2D eigenvalue weighted by molar-refractivity contribution is 0.0909. The first-order valence-electron chi connectivity index (χ1n) is 10.0. The van der Waals surface area contributed by atoms with Gasteiger partial charge in [0.1, 0.15) is 0 Å². The molecule has 3 aromatic rings. The Morgan fingerprint density at radius 1 is 0.821 bits per heavy atom. The Hall–Kier alpha value is -2.91. The fourth-order valence-corrected chi connectivity index (χ4v) is 3.89. The van der Waals surface area contributed by atoms with Gasteiger partial charge in [0.25, 0.3) is 5.91 Å². The maximum atomic E-state index is 13.0. The molecule has 0 atom stereocenters. The highest BCUT2D eigenvalue weighted by molar-refractivity contribution is 6.01. The molecule has 1 aliphatic heterocycles. The molecule has 3 nitrogen and oxygen atoms in total. The number of hydrogen-bond acceptors (Lipinski definition) is 2. The van der Waals surface area contributed by atoms with E-state index in [2.05, 4.69) is 40.5 Å². The highest BCUT2D eigenvalue weighted by atomic mass is 16.1. The normalized spacial score (nSPS) is 15.3. The van der Waals surface area contributed by atoms with Crippen molar-refractivity contribution in [1.82, 2.24) is 10.2 Å². The number of rotatable bonds is 5. The van der Waals surface area contributed by atoms with E-state index in [0.29, 0.717) is 0 Å². The van der Waals surface area contributed by atoms with E-state index in [9.17, 15) is 4.79 Å². The Morgan fingerprint density at radius 3 is 2.14 bits per heavy atom. The summed E-state index contributed by atoms with van der Waals surface area (Å²) in [6.45, 7) is 3.01. The molecule has 142 valence electrons. The van der Waals surface area contributed by atoms with Gasteiger partial charge < -0.3 is 5.32 Å². The van der Waals surface area contributed by atoms with Crippen LogP contribution >= 0.6 is 0 Å². The summed E-state index contributed by atoms with van der Waals surface area (Å²) in [6.07, 6.45) is 1.98. The van der Waals surface area contributed by atoms with Gasteiger partial charge in [-0.2, -0.15) is 0 Å². The predicted octanol–water partition coefficient (Wildman–Crippen LogP) is 4.75. The number of amides is 1. The van der Waals surface area contributed by atoms with E-state index in [1.165, 1.54) is 5.56 Å². The summed E-state index contributed by atoms with van der Waals surface area (Å²) in [5, 5.41) is 3.26. The molecule has 1 N–H and O–H groups in total. The van der Waals surface area contributed by atoms with Gasteiger partial charge in [-0.15, -0.1) is 0 Å². The molecule has 0 saturated carbocycles. The second-order valence-corrected chi connectivity index (χ2v) is 7.42. The highest BCUT2D eigenvalue weighted by Crippen LogP contribution is 2.24. The number of nitrogens with zero attached hydrogens (tertiary/aromatic N) is 1. The number of piperidine rings is 1. The standard InChI is InChI=1S/C25H26N2O/c28-25(24-14-8-7-13-23(24)21-11-5-2-6-12-21)26-22-15-17-27(18-16-22)19-20-9-3-1-4-10-20/h1-14,22H,15-19H2,(H,26,28). The third-order valence-electron chi connectivity index (χ3n) is 5.43. The average Bonchev–Trinajstić information content (AvgIpc) is 2.76. The molecule has 28 heavy (non-hydrogen) atoms. The summed E-state index contributed by atoms with van der Waals surface area (Å²) in [5.41, 5.74) is 4.16. The first kappa shape index (κ1) is 18.5. The summed E-state index contributed by atoms with van der Waals surface area (Å²) in [5.74, 6) is 0.0287. The van der Waals surface area contributed by atoms with Crippen LogP contribution in [0.1, 0.15) is 28.8 Å². The predicted molar refractivity (Wildman–Crippen MR) is 114 cm³/mol. The monoisotopic (exact) mass is 370 g/mol. The molecule has 1 saturated heterocycles. The Bertz CT molecular complexity index is 900. The van der Waals surface area contributed by atoms with Crippen LogP contribution in [-0.2, 0) is 6.54 Å². The van der Waals surface area contributed by atoms with Crippen molar-refractivity contribution in [2.24, 2.45) is 0 Å². The van der Waals surface area contributed by atoms with E-state index < -0.39 is 0 Å². The van der Waals surface area contributed by atoms with E-state index in [1.807, 2.05) is 54.6 Å². The molecular formula is C25H26N2O. The molecule has 3 heteroatoms. The van der Waals surface area contributed by atoms with Crippen molar-refractivity contribution in [2.45, 2.75) is 25.4 Å². The topological polar surface area (TPSA) is 32.3 Å². The van der Waals surface area contributed by atoms with Gasteiger partial charge in [-0.1, -0.05) is 78.9 Å². The van der Waals surface area contributed by atoms with E-state index in [1.54, 1.807) is 0 Å². The van der Waals surface area contributed by atoms with Crippen LogP contribution in [0.15, 0.2) is 84.9 Å². The lowest BCUT2D eigenvalue weighted by Crippen LogP contribution is -2.44. The van der Waals surface area contributed by atoms with Crippen molar-refractivity contribution in [3.05, 3.63) is 96.1 Å². The zero-order chi connectivity index (χ0) is 19.2. The maximum Gasteiger partial charge on any atom is 0.252 e. The molecule has 0 aromatic heterocycles. The van der Waals surface area contributed by atoms with Crippen LogP contribution in [-0.4, -0.2) is 29.9 Å². The second-order valence-electron chi connectivity index (χ2n) is 7.42. The molecule has 3 aromatic carbocycles. The van der Waals surface area contributed by atoms with Gasteiger partial charge in [0, 0.05) is 31.2 Å². The van der Waals surface area contributed by atoms with Crippen LogP contribution < -0.4 is 5.32 Å². The first-order chi connectivity index (χ1) is 13.8. The Balaban J connectivity index is 1.37. The summed E-state index contributed by atoms with van der Waals surface area (Å²) in [6, 6.07) is 28.8. The minimum absolute atomic E-state index is 0.0287. The molecule has 0 spiro atoms. The summed E-state index contributed by atoms with van der Waals surface area (Å²) >= 11 is 0. The molecule has 1 aliphatic rings. The Kier molecular flexibility index (Phi) is 5.83. The third kappa shape index (κ3) is 4.49. The third-order valence-corrected chi connectivity index (χ3v) is 5.43. The van der Waals surface area contributed by atoms with Crippen LogP contribution in [0.25, 0.3) is 11.1 Å². The number of likely N-dealkylation sites (tertiary alicyclic amines) is 1. The molecule has 0 unspecified atom stereocenters. The molecule has 1 fully saturated rings. The van der Waals surface area contributed by atoms with E-state index in [-0.39, 0.29) is 11.9 Å². The molecule has 1 heterocycles. The lowest BCUT2D eigenvalue weighted by atomic mass is 9.98. The number of nitrogens with one attached hydrogen (secondary N) is 1. The molecule has 0 bridgehead atoms. The van der Waals surface area contributed by atoms with Gasteiger partial charge in [0.2, 0.25) is 0 Å². The van der Waals surface area contributed by atoms with Gasteiger partial charge in [-0.05, 0) is 35.6 Å². The van der Waals surface area contributed by atoms with Gasteiger partial charge in [0.15, 0.2) is 0 Å². The van der Waals surface area contributed by atoms with E-state index in [4.69, 9.17) is 0 Å². The zero-order valence-electron chi connectivity index (χ0n) is 16.1. The minimum atomic E-state index is 0.0287. The SMILES string of the molecule is O=C(NC1CCN(Cc2ccccc2)CC1)c1ccccc1-c1ccccc1. The summed E-state index contributed by atoms with van der Waals surface area (Å²) < 4.78 is 0. The van der Waals surface area contributed by atoms with E-state index >= 15 is 0 Å². The van der Waals surface area contributed by atoms with Crippen LogP contribution in [0.5, 0.6) is 0 Å². The van der Waals surface area contributed by atoms with Crippen molar-refractivity contribution in [3.63, 3.8) is 0 Å². The van der Waals surface area contributed by atoms with Crippen molar-refractivity contribution in [1.29, 1.82) is 0 Å². The average molecular weight is 370 g/mol. The van der Waals surface area contributed by atoms with Crippen molar-refractivity contribution in [2.75, 3.05) is 13.1 Å². The van der Waals surface area contributed by atoms with Crippen LogP contribution in [0, 0.1) is 0 Å². The maximum absolute atomic E-state index is 13.0. The van der Waals surface area contributed by atoms with Crippen molar-refractivity contribution in [3.8, 4) is 11.1 Å². The Morgan fingerprint density at radius 2 is 1.43 bits per heavy atom. The number of hydrogen-bond donors (Lipinski definition) is 1. The molecular weight excluding hydrogens is 344 g/mol. The molecule has 4 rings (SSSR count). The van der Waals surface area contributed by atoms with Crippen molar-refractivity contribution >= 4 is 5.91 Å². The minimum Gasteiger partial charge on any atom is -0.349 e. The van der Waals surface area contributed by atoms with Crippen LogP contribution in [0.4, 0.5) is 0 Å². The van der Waals surface area contributed by atoms with E-state index in [0.717, 1.165) is 49.2 Å². The number of benzene rings is 3. The van der Waals surface area contributed by atoms with Crippen LogP contribution in [0.3, 0.4) is 0 Å². The number of carbonyl (C=O) groups excluding carboxylic acids is 1. The van der Waals surface area contributed by atoms with Gasteiger partial charge >= 0.3 is 0 Å². The smallest absolute Gasteiger partial charge is 0.252 e. The molecule has 1 amide bonds. The highest BCUT2D eigenvalue weighted by Gasteiger charge is 2.22. The largest absolute Gasteiger partial charge is 0.349 e. The number of carbonyl (C=O) groups is 1. The van der Waals surface area contributed by atoms with Crippen molar-refractivity contribution < 1.29 is 4.79 Å². The molecule has 0 radical (unpaired) electrons. The summed E-state index contributed by atoms with van der Waals surface area (Å²) in [7, 11) is 0. The second kappa shape index (κ2) is 8.85. The fourth-order valence-electron chi connectivity index (χ4n) is 3.89. The quantitative estimate of drug-likeness (QED) is 0.703. The van der Waals surface area contributed by atoms with Gasteiger partial charge in [-0.25, -0.2) is 0 Å². The Labute approximate surface area is 167 Å². The zero-order valence-corrected chi connectivity index (χ0v) is 16.1. The fraction of sp³-hybridized carbons (Fsp3) is 0.240. The van der Waals surface area contributed by atoms with Crippen LogP contribution in [0.2, 0.25) is 0 Å². The van der Waals surface area contributed by atoms with Gasteiger partial charge in [-0.3, -0.25) is 9.69 Å². The lowest BCUT2D eigenvalue weighted by Gasteiger charge is -2.32. The first-order valence-corrected chi connectivity index (χ1v) is 10.0. The summed E-state index contributed by atoms with van der Waals surface area (Å²) in [4.78, 5) is 15.4.